The van der Waals surface area contributed by atoms with Gasteiger partial charge in [0.1, 0.15) is 0 Å². The molecule has 2 aliphatic rings. The van der Waals surface area contributed by atoms with Crippen molar-refractivity contribution >= 4 is 22.4 Å². The highest BCUT2D eigenvalue weighted by molar-refractivity contribution is 6.24. The van der Waals surface area contributed by atoms with Gasteiger partial charge in [0.05, 0.1) is 0 Å². The van der Waals surface area contributed by atoms with Gasteiger partial charge in [-0.2, -0.15) is 0 Å². The Labute approximate surface area is 99.6 Å². The van der Waals surface area contributed by atoms with E-state index < -0.39 is 0 Å². The fourth-order valence-corrected chi connectivity index (χ4v) is 3.21. The third kappa shape index (κ3) is 1.13. The zero-order valence-electron chi connectivity index (χ0n) is 9.55. The average molecular weight is 223 g/mol. The summed E-state index contributed by atoms with van der Waals surface area (Å²) in [6, 6.07) is 8.27. The number of hydrogen-bond donors (Lipinski definition) is 1. The van der Waals surface area contributed by atoms with E-state index in [4.69, 9.17) is 0 Å². The van der Waals surface area contributed by atoms with E-state index in [1.54, 1.807) is 0 Å². The Kier molecular flexibility index (Phi) is 1.68. The fraction of sp³-hybridized carbons (Fsp3) is 0.267. The van der Waals surface area contributed by atoms with E-state index in [0.717, 1.165) is 29.5 Å². The third-order valence-electron chi connectivity index (χ3n) is 3.98. The summed E-state index contributed by atoms with van der Waals surface area (Å²) in [5, 5.41) is 5.40. The standard InChI is InChI=1S/C15H13NO/c17-15-12-7-3-6-11-10-5-2-1-4-9(10)8-13(16-15)14(11)12/h3,6-8H,1-2,4-5H2,(H,16,17). The molecule has 0 saturated heterocycles. The minimum Gasteiger partial charge on any atom is -0.321 e. The predicted octanol–water partition coefficient (Wildman–Crippen LogP) is 3.28. The maximum Gasteiger partial charge on any atom is 0.256 e. The average Bonchev–Trinajstić information content (AvgIpc) is 2.68. The number of rotatable bonds is 0. The van der Waals surface area contributed by atoms with E-state index in [0.29, 0.717) is 0 Å². The molecule has 0 bridgehead atoms. The van der Waals surface area contributed by atoms with Gasteiger partial charge in [-0.1, -0.05) is 12.1 Å². The maximum atomic E-state index is 11.8. The second-order valence-corrected chi connectivity index (χ2v) is 4.95. The molecular weight excluding hydrogens is 210 g/mol. The lowest BCUT2D eigenvalue weighted by Gasteiger charge is -2.18. The van der Waals surface area contributed by atoms with Crippen LogP contribution in [0.3, 0.4) is 0 Å². The summed E-state index contributed by atoms with van der Waals surface area (Å²) >= 11 is 0. The van der Waals surface area contributed by atoms with Crippen molar-refractivity contribution in [2.45, 2.75) is 25.7 Å². The predicted molar refractivity (Wildman–Crippen MR) is 68.5 cm³/mol. The van der Waals surface area contributed by atoms with Crippen LogP contribution in [0.15, 0.2) is 24.3 Å². The van der Waals surface area contributed by atoms with Crippen LogP contribution in [0.4, 0.5) is 5.69 Å². The first kappa shape index (κ1) is 9.23. The second kappa shape index (κ2) is 3.10. The molecule has 1 N–H and O–H groups in total. The number of amides is 1. The minimum atomic E-state index is 0.0490. The van der Waals surface area contributed by atoms with Gasteiger partial charge in [0.25, 0.3) is 5.91 Å². The van der Waals surface area contributed by atoms with Gasteiger partial charge >= 0.3 is 0 Å². The summed E-state index contributed by atoms with van der Waals surface area (Å²) in [6.45, 7) is 0. The molecule has 0 atom stereocenters. The SMILES string of the molecule is O=C1Nc2cc3c(c4cccc1c24)CCCC3. The van der Waals surface area contributed by atoms with Crippen LogP contribution in [-0.2, 0) is 12.8 Å². The molecule has 1 aliphatic carbocycles. The van der Waals surface area contributed by atoms with E-state index in [1.165, 1.54) is 29.4 Å². The zero-order valence-corrected chi connectivity index (χ0v) is 9.55. The Morgan fingerprint density at radius 2 is 2.00 bits per heavy atom. The van der Waals surface area contributed by atoms with Gasteiger partial charge in [0.15, 0.2) is 0 Å². The molecule has 0 spiro atoms. The number of carbonyl (C=O) groups excluding carboxylic acids is 1. The van der Waals surface area contributed by atoms with Crippen LogP contribution in [0.5, 0.6) is 0 Å². The molecule has 0 aromatic heterocycles. The molecule has 1 heterocycles. The van der Waals surface area contributed by atoms with Crippen molar-refractivity contribution in [1.82, 2.24) is 0 Å². The summed E-state index contributed by atoms with van der Waals surface area (Å²) in [7, 11) is 0. The van der Waals surface area contributed by atoms with Crippen LogP contribution in [0, 0.1) is 0 Å². The van der Waals surface area contributed by atoms with Gasteiger partial charge in [-0.15, -0.1) is 0 Å². The van der Waals surface area contributed by atoms with Crippen LogP contribution < -0.4 is 5.32 Å². The van der Waals surface area contributed by atoms with Crippen molar-refractivity contribution in [2.75, 3.05) is 5.32 Å². The van der Waals surface area contributed by atoms with Crippen molar-refractivity contribution in [3.8, 4) is 0 Å². The Balaban J connectivity index is 2.17. The molecule has 0 radical (unpaired) electrons. The number of carbonyl (C=O) groups is 1. The first-order valence-corrected chi connectivity index (χ1v) is 6.23. The Bertz CT molecular complexity index is 658. The largest absolute Gasteiger partial charge is 0.321 e. The normalized spacial score (nSPS) is 17.1. The Hall–Kier alpha value is -1.83. The molecule has 84 valence electrons. The van der Waals surface area contributed by atoms with E-state index in [-0.39, 0.29) is 5.91 Å². The molecule has 4 rings (SSSR count). The monoisotopic (exact) mass is 223 g/mol. The molecule has 1 aliphatic heterocycles. The molecular formula is C15H13NO. The minimum absolute atomic E-state index is 0.0490. The number of anilines is 1. The number of nitrogens with one attached hydrogen (secondary N) is 1. The lowest BCUT2D eigenvalue weighted by Crippen LogP contribution is -2.05. The number of aryl methyl sites for hydroxylation is 2. The lowest BCUT2D eigenvalue weighted by atomic mass is 9.86. The van der Waals surface area contributed by atoms with Gasteiger partial charge in [-0.25, -0.2) is 0 Å². The first-order valence-electron chi connectivity index (χ1n) is 6.23. The van der Waals surface area contributed by atoms with Gasteiger partial charge in [0, 0.05) is 16.6 Å². The molecule has 17 heavy (non-hydrogen) atoms. The van der Waals surface area contributed by atoms with E-state index in [9.17, 15) is 4.79 Å². The van der Waals surface area contributed by atoms with E-state index in [1.807, 2.05) is 12.1 Å². The maximum absolute atomic E-state index is 11.8. The van der Waals surface area contributed by atoms with Gasteiger partial charge in [-0.05, 0) is 54.3 Å². The van der Waals surface area contributed by atoms with Crippen molar-refractivity contribution in [3.63, 3.8) is 0 Å². The molecule has 0 unspecified atom stereocenters. The van der Waals surface area contributed by atoms with E-state index >= 15 is 0 Å². The van der Waals surface area contributed by atoms with Crippen LogP contribution >= 0.6 is 0 Å². The summed E-state index contributed by atoms with van der Waals surface area (Å²) in [5.41, 5.74) is 4.75. The molecule has 2 aromatic rings. The topological polar surface area (TPSA) is 29.1 Å². The molecule has 0 fully saturated rings. The zero-order chi connectivity index (χ0) is 11.4. The van der Waals surface area contributed by atoms with Gasteiger partial charge < -0.3 is 5.32 Å². The first-order chi connectivity index (χ1) is 8.34. The molecule has 2 heteroatoms. The molecule has 2 aromatic carbocycles. The summed E-state index contributed by atoms with van der Waals surface area (Å²) < 4.78 is 0. The number of fused-ring (bicyclic) bond motifs is 2. The summed E-state index contributed by atoms with van der Waals surface area (Å²) in [6.07, 6.45) is 4.85. The lowest BCUT2D eigenvalue weighted by molar-refractivity contribution is 0.103. The number of benzene rings is 2. The Morgan fingerprint density at radius 3 is 2.94 bits per heavy atom. The summed E-state index contributed by atoms with van der Waals surface area (Å²) in [5.74, 6) is 0.0490. The molecule has 0 saturated carbocycles. The van der Waals surface area contributed by atoms with E-state index in [2.05, 4.69) is 17.4 Å². The van der Waals surface area contributed by atoms with Crippen LogP contribution in [0.2, 0.25) is 0 Å². The molecule has 1 amide bonds. The Morgan fingerprint density at radius 1 is 1.12 bits per heavy atom. The van der Waals surface area contributed by atoms with Gasteiger partial charge in [-0.3, -0.25) is 4.79 Å². The van der Waals surface area contributed by atoms with Crippen molar-refractivity contribution in [1.29, 1.82) is 0 Å². The second-order valence-electron chi connectivity index (χ2n) is 4.95. The quantitative estimate of drug-likeness (QED) is 0.729. The van der Waals surface area contributed by atoms with Crippen LogP contribution in [-0.4, -0.2) is 5.91 Å². The van der Waals surface area contributed by atoms with Crippen molar-refractivity contribution in [2.24, 2.45) is 0 Å². The van der Waals surface area contributed by atoms with Crippen LogP contribution in [0.25, 0.3) is 10.8 Å². The van der Waals surface area contributed by atoms with Crippen LogP contribution in [0.1, 0.15) is 34.3 Å². The smallest absolute Gasteiger partial charge is 0.256 e. The van der Waals surface area contributed by atoms with Crippen molar-refractivity contribution < 1.29 is 4.79 Å². The number of hydrogen-bond acceptors (Lipinski definition) is 1. The highest BCUT2D eigenvalue weighted by Crippen LogP contribution is 2.39. The third-order valence-corrected chi connectivity index (χ3v) is 3.98. The highest BCUT2D eigenvalue weighted by atomic mass is 16.1. The van der Waals surface area contributed by atoms with Gasteiger partial charge in [0.2, 0.25) is 0 Å². The van der Waals surface area contributed by atoms with Crippen molar-refractivity contribution in [3.05, 3.63) is 41.0 Å². The summed E-state index contributed by atoms with van der Waals surface area (Å²) in [4.78, 5) is 11.8. The highest BCUT2D eigenvalue weighted by Gasteiger charge is 2.24. The molecule has 2 nitrogen and oxygen atoms in total. The fourth-order valence-electron chi connectivity index (χ4n) is 3.21.